The van der Waals surface area contributed by atoms with Crippen LogP contribution in [0.2, 0.25) is 5.02 Å². The Bertz CT molecular complexity index is 506. The van der Waals surface area contributed by atoms with Crippen LogP contribution in [-0.4, -0.2) is 4.98 Å². The van der Waals surface area contributed by atoms with Gasteiger partial charge in [0, 0.05) is 29.0 Å². The third kappa shape index (κ3) is 2.98. The van der Waals surface area contributed by atoms with Crippen LogP contribution in [0.1, 0.15) is 23.7 Å². The van der Waals surface area contributed by atoms with Crippen LogP contribution in [0.25, 0.3) is 0 Å². The van der Waals surface area contributed by atoms with Crippen molar-refractivity contribution in [1.82, 2.24) is 4.98 Å². The summed E-state index contributed by atoms with van der Waals surface area (Å²) >= 11 is 5.86. The van der Waals surface area contributed by atoms with Gasteiger partial charge >= 0.3 is 0 Å². The minimum absolute atomic E-state index is 0.667. The first-order chi connectivity index (χ1) is 8.19. The number of pyridine rings is 1. The van der Waals surface area contributed by atoms with E-state index in [1.54, 1.807) is 6.07 Å². The van der Waals surface area contributed by atoms with Crippen molar-refractivity contribution in [2.45, 2.75) is 19.8 Å². The van der Waals surface area contributed by atoms with Crippen molar-refractivity contribution in [2.75, 3.05) is 5.73 Å². The minimum Gasteiger partial charge on any atom is -0.398 e. The highest BCUT2D eigenvalue weighted by molar-refractivity contribution is 6.30. The first-order valence-corrected chi connectivity index (χ1v) is 6.04. The molecule has 0 aliphatic heterocycles. The van der Waals surface area contributed by atoms with Gasteiger partial charge in [-0.1, -0.05) is 30.7 Å². The molecule has 0 amide bonds. The summed E-state index contributed by atoms with van der Waals surface area (Å²) in [5.74, 6) is 0. The second-order valence-electron chi connectivity index (χ2n) is 4.03. The molecule has 0 aliphatic carbocycles. The zero-order chi connectivity index (χ0) is 12.3. The largest absolute Gasteiger partial charge is 0.398 e. The molecule has 0 bridgehead atoms. The van der Waals surface area contributed by atoms with Crippen LogP contribution in [0, 0.1) is 0 Å². The van der Waals surface area contributed by atoms with Gasteiger partial charge in [-0.25, -0.2) is 0 Å². The van der Waals surface area contributed by atoms with Crippen molar-refractivity contribution in [2.24, 2.45) is 0 Å². The molecule has 1 aromatic heterocycles. The second-order valence-corrected chi connectivity index (χ2v) is 4.47. The summed E-state index contributed by atoms with van der Waals surface area (Å²) in [6.07, 6.45) is 3.67. The van der Waals surface area contributed by atoms with E-state index in [4.69, 9.17) is 17.3 Å². The maximum absolute atomic E-state index is 5.91. The van der Waals surface area contributed by atoms with E-state index in [2.05, 4.69) is 18.0 Å². The fourth-order valence-electron chi connectivity index (χ4n) is 1.69. The van der Waals surface area contributed by atoms with Crippen molar-refractivity contribution in [1.29, 1.82) is 0 Å². The fraction of sp³-hybridized carbons (Fsp3) is 0.214. The summed E-state index contributed by atoms with van der Waals surface area (Å²) in [5.41, 5.74) is 9.97. The standard InChI is InChI=1S/C14H15ClN2/c1-2-10-3-6-13(17-9-10)7-11-4-5-12(15)8-14(11)16/h3-6,8-9H,2,7,16H2,1H3. The van der Waals surface area contributed by atoms with Crippen LogP contribution in [0.15, 0.2) is 36.5 Å². The Labute approximate surface area is 106 Å². The summed E-state index contributed by atoms with van der Waals surface area (Å²) in [4.78, 5) is 4.42. The number of hydrogen-bond acceptors (Lipinski definition) is 2. The first kappa shape index (κ1) is 11.9. The third-order valence-corrected chi connectivity index (χ3v) is 3.01. The Morgan fingerprint density at radius 1 is 1.24 bits per heavy atom. The Morgan fingerprint density at radius 2 is 2.06 bits per heavy atom. The zero-order valence-electron chi connectivity index (χ0n) is 9.78. The topological polar surface area (TPSA) is 38.9 Å². The molecule has 2 N–H and O–H groups in total. The highest BCUT2D eigenvalue weighted by Crippen LogP contribution is 2.20. The van der Waals surface area contributed by atoms with Crippen molar-refractivity contribution in [3.05, 3.63) is 58.4 Å². The van der Waals surface area contributed by atoms with Gasteiger partial charge in [-0.3, -0.25) is 4.98 Å². The summed E-state index contributed by atoms with van der Waals surface area (Å²) in [6.45, 7) is 2.12. The molecule has 1 heterocycles. The third-order valence-electron chi connectivity index (χ3n) is 2.77. The van der Waals surface area contributed by atoms with Gasteiger partial charge in [0.25, 0.3) is 0 Å². The van der Waals surface area contributed by atoms with E-state index in [0.29, 0.717) is 5.02 Å². The van der Waals surface area contributed by atoms with Crippen LogP contribution < -0.4 is 5.73 Å². The molecule has 1 aromatic carbocycles. The van der Waals surface area contributed by atoms with E-state index >= 15 is 0 Å². The minimum atomic E-state index is 0.667. The number of nitrogens with zero attached hydrogens (tertiary/aromatic N) is 1. The van der Waals surface area contributed by atoms with Crippen molar-refractivity contribution >= 4 is 17.3 Å². The number of halogens is 1. The summed E-state index contributed by atoms with van der Waals surface area (Å²) in [6, 6.07) is 9.74. The Hall–Kier alpha value is -1.54. The van der Waals surface area contributed by atoms with E-state index < -0.39 is 0 Å². The maximum atomic E-state index is 5.91. The molecule has 0 aliphatic rings. The van der Waals surface area contributed by atoms with Gasteiger partial charge in [0.1, 0.15) is 0 Å². The molecule has 0 unspecified atom stereocenters. The number of aryl methyl sites for hydroxylation is 1. The molecule has 3 heteroatoms. The van der Waals surface area contributed by atoms with Crippen LogP contribution in [0.5, 0.6) is 0 Å². The predicted octanol–water partition coefficient (Wildman–Crippen LogP) is 3.47. The molecule has 2 nitrogen and oxygen atoms in total. The van der Waals surface area contributed by atoms with Gasteiger partial charge in [0.05, 0.1) is 0 Å². The summed E-state index contributed by atoms with van der Waals surface area (Å²) < 4.78 is 0. The lowest BCUT2D eigenvalue weighted by Gasteiger charge is -2.06. The lowest BCUT2D eigenvalue weighted by atomic mass is 10.1. The molecule has 0 fully saturated rings. The molecular formula is C14H15ClN2. The average molecular weight is 247 g/mol. The molecule has 0 saturated carbocycles. The number of aromatic nitrogens is 1. The number of benzene rings is 1. The molecule has 0 saturated heterocycles. The molecule has 2 rings (SSSR count). The highest BCUT2D eigenvalue weighted by Gasteiger charge is 2.02. The Morgan fingerprint density at radius 3 is 2.65 bits per heavy atom. The Balaban J connectivity index is 2.19. The molecular weight excluding hydrogens is 232 g/mol. The Kier molecular flexibility index (Phi) is 3.64. The molecule has 0 spiro atoms. The van der Waals surface area contributed by atoms with Crippen molar-refractivity contribution < 1.29 is 0 Å². The smallest absolute Gasteiger partial charge is 0.0448 e. The van der Waals surface area contributed by atoms with E-state index in [9.17, 15) is 0 Å². The number of rotatable bonds is 3. The van der Waals surface area contributed by atoms with Crippen LogP contribution in [0.3, 0.4) is 0 Å². The molecule has 88 valence electrons. The quantitative estimate of drug-likeness (QED) is 0.843. The van der Waals surface area contributed by atoms with Gasteiger partial charge in [0.2, 0.25) is 0 Å². The number of anilines is 1. The van der Waals surface area contributed by atoms with E-state index in [1.165, 1.54) is 5.56 Å². The number of hydrogen-bond donors (Lipinski definition) is 1. The SMILES string of the molecule is CCc1ccc(Cc2ccc(Cl)cc2N)nc1. The lowest BCUT2D eigenvalue weighted by Crippen LogP contribution is -1.98. The van der Waals surface area contributed by atoms with E-state index in [-0.39, 0.29) is 0 Å². The van der Waals surface area contributed by atoms with Gasteiger partial charge in [-0.2, -0.15) is 0 Å². The van der Waals surface area contributed by atoms with Crippen molar-refractivity contribution in [3.8, 4) is 0 Å². The molecule has 0 radical (unpaired) electrons. The van der Waals surface area contributed by atoms with Gasteiger partial charge < -0.3 is 5.73 Å². The monoisotopic (exact) mass is 246 g/mol. The predicted molar refractivity (Wildman–Crippen MR) is 72.3 cm³/mol. The van der Waals surface area contributed by atoms with Gasteiger partial charge in [-0.15, -0.1) is 0 Å². The highest BCUT2D eigenvalue weighted by atomic mass is 35.5. The molecule has 2 aromatic rings. The second kappa shape index (κ2) is 5.19. The summed E-state index contributed by atoms with van der Waals surface area (Å²) in [5, 5.41) is 0.667. The molecule has 17 heavy (non-hydrogen) atoms. The van der Waals surface area contributed by atoms with Crippen LogP contribution in [0.4, 0.5) is 5.69 Å². The normalized spacial score (nSPS) is 10.5. The van der Waals surface area contributed by atoms with Crippen molar-refractivity contribution in [3.63, 3.8) is 0 Å². The molecule has 0 atom stereocenters. The number of nitrogens with two attached hydrogens (primary N) is 1. The van der Waals surface area contributed by atoms with E-state index in [1.807, 2.05) is 24.4 Å². The average Bonchev–Trinajstić information content (AvgIpc) is 2.34. The zero-order valence-corrected chi connectivity index (χ0v) is 10.5. The van der Waals surface area contributed by atoms with Gasteiger partial charge in [0.15, 0.2) is 0 Å². The lowest BCUT2D eigenvalue weighted by molar-refractivity contribution is 1.03. The van der Waals surface area contributed by atoms with Crippen LogP contribution in [-0.2, 0) is 12.8 Å². The van der Waals surface area contributed by atoms with E-state index in [0.717, 1.165) is 29.8 Å². The first-order valence-electron chi connectivity index (χ1n) is 5.66. The maximum Gasteiger partial charge on any atom is 0.0448 e. The fourth-order valence-corrected chi connectivity index (χ4v) is 1.87. The summed E-state index contributed by atoms with van der Waals surface area (Å²) in [7, 11) is 0. The number of nitrogen functional groups attached to an aromatic ring is 1. The van der Waals surface area contributed by atoms with Gasteiger partial charge in [-0.05, 0) is 35.7 Å². The van der Waals surface area contributed by atoms with Crippen LogP contribution >= 0.6 is 11.6 Å².